The summed E-state index contributed by atoms with van der Waals surface area (Å²) in [5.74, 6) is -0.725. The standard InChI is InChI=1S/C16H13N5O4S/c1-9-8-26-16(17-9)18-15(23)14-13(22)7-10(2)20(19-14)11-5-3-4-6-12(11)21(24)25/h3-8H,1-2H3,(H,17,18,23). The van der Waals surface area contributed by atoms with Crippen LogP contribution in [0.4, 0.5) is 10.8 Å². The number of hydrogen-bond donors (Lipinski definition) is 1. The average Bonchev–Trinajstić information content (AvgIpc) is 2.99. The van der Waals surface area contributed by atoms with Gasteiger partial charge in [0.1, 0.15) is 5.69 Å². The molecule has 1 amide bonds. The van der Waals surface area contributed by atoms with Crippen molar-refractivity contribution in [1.29, 1.82) is 0 Å². The van der Waals surface area contributed by atoms with Crippen molar-refractivity contribution in [3.63, 3.8) is 0 Å². The van der Waals surface area contributed by atoms with Crippen LogP contribution in [0.5, 0.6) is 0 Å². The van der Waals surface area contributed by atoms with Gasteiger partial charge in [0.15, 0.2) is 10.8 Å². The van der Waals surface area contributed by atoms with Crippen molar-refractivity contribution in [1.82, 2.24) is 14.8 Å². The van der Waals surface area contributed by atoms with Crippen molar-refractivity contribution in [2.75, 3.05) is 5.32 Å². The predicted octanol–water partition coefficient (Wildman–Crippen LogP) is 2.47. The second-order valence-corrected chi connectivity index (χ2v) is 6.26. The maximum Gasteiger partial charge on any atom is 0.294 e. The van der Waals surface area contributed by atoms with E-state index in [0.29, 0.717) is 10.8 Å². The highest BCUT2D eigenvalue weighted by atomic mass is 32.1. The molecule has 2 heterocycles. The lowest BCUT2D eigenvalue weighted by atomic mass is 10.2. The molecular weight excluding hydrogens is 358 g/mol. The number of nitrogens with one attached hydrogen (secondary N) is 1. The van der Waals surface area contributed by atoms with E-state index in [2.05, 4.69) is 15.4 Å². The third kappa shape index (κ3) is 3.35. The topological polar surface area (TPSA) is 120 Å². The van der Waals surface area contributed by atoms with Gasteiger partial charge in [0.25, 0.3) is 11.6 Å². The van der Waals surface area contributed by atoms with Gasteiger partial charge in [-0.2, -0.15) is 5.10 Å². The van der Waals surface area contributed by atoms with Crippen molar-refractivity contribution in [3.05, 3.63) is 73.1 Å². The molecular formula is C16H13N5O4S. The fourth-order valence-electron chi connectivity index (χ4n) is 2.31. The molecule has 0 saturated carbocycles. The summed E-state index contributed by atoms with van der Waals surface area (Å²) >= 11 is 1.22. The number of aromatic nitrogens is 3. The molecule has 0 aliphatic rings. The van der Waals surface area contributed by atoms with Crippen LogP contribution in [-0.2, 0) is 0 Å². The molecule has 132 valence electrons. The highest BCUT2D eigenvalue weighted by molar-refractivity contribution is 7.13. The van der Waals surface area contributed by atoms with E-state index in [4.69, 9.17) is 0 Å². The van der Waals surface area contributed by atoms with Gasteiger partial charge in [0, 0.05) is 23.2 Å². The maximum absolute atomic E-state index is 12.4. The van der Waals surface area contributed by atoms with Crippen LogP contribution in [0.15, 0.2) is 40.5 Å². The predicted molar refractivity (Wildman–Crippen MR) is 96.0 cm³/mol. The van der Waals surface area contributed by atoms with E-state index in [1.165, 1.54) is 40.3 Å². The number of benzene rings is 1. The third-order valence-corrected chi connectivity index (χ3v) is 4.34. The number of hydrogen-bond acceptors (Lipinski definition) is 7. The lowest BCUT2D eigenvalue weighted by molar-refractivity contribution is -0.384. The molecule has 0 aliphatic carbocycles. The molecule has 0 fully saturated rings. The molecule has 3 rings (SSSR count). The summed E-state index contributed by atoms with van der Waals surface area (Å²) in [7, 11) is 0. The first kappa shape index (κ1) is 17.4. The quantitative estimate of drug-likeness (QED) is 0.556. The van der Waals surface area contributed by atoms with E-state index in [0.717, 1.165) is 5.69 Å². The van der Waals surface area contributed by atoms with Gasteiger partial charge in [-0.3, -0.25) is 25.0 Å². The van der Waals surface area contributed by atoms with Crippen LogP contribution < -0.4 is 10.7 Å². The summed E-state index contributed by atoms with van der Waals surface area (Å²) in [5, 5.41) is 19.9. The Labute approximate surface area is 151 Å². The van der Waals surface area contributed by atoms with E-state index in [1.807, 2.05) is 0 Å². The minimum atomic E-state index is -0.725. The molecule has 26 heavy (non-hydrogen) atoms. The van der Waals surface area contributed by atoms with Gasteiger partial charge in [0.2, 0.25) is 5.43 Å². The number of amides is 1. The maximum atomic E-state index is 12.4. The number of carbonyl (C=O) groups is 1. The molecule has 9 nitrogen and oxygen atoms in total. The second-order valence-electron chi connectivity index (χ2n) is 5.40. The average molecular weight is 371 g/mol. The van der Waals surface area contributed by atoms with Gasteiger partial charge in [-0.15, -0.1) is 11.3 Å². The summed E-state index contributed by atoms with van der Waals surface area (Å²) in [4.78, 5) is 39.4. The molecule has 0 unspecified atom stereocenters. The van der Waals surface area contributed by atoms with E-state index in [-0.39, 0.29) is 17.1 Å². The van der Waals surface area contributed by atoms with E-state index in [9.17, 15) is 19.7 Å². The smallest absolute Gasteiger partial charge is 0.294 e. The molecule has 0 radical (unpaired) electrons. The van der Waals surface area contributed by atoms with Crippen molar-refractivity contribution >= 4 is 28.1 Å². The summed E-state index contributed by atoms with van der Waals surface area (Å²) < 4.78 is 1.21. The van der Waals surface area contributed by atoms with Crippen molar-refractivity contribution in [3.8, 4) is 5.69 Å². The number of rotatable bonds is 4. The molecule has 0 aliphatic heterocycles. The highest BCUT2D eigenvalue weighted by Crippen LogP contribution is 2.22. The fourth-order valence-corrected chi connectivity index (χ4v) is 3.00. The Hall–Kier alpha value is -3.40. The number of aryl methyl sites for hydroxylation is 2. The van der Waals surface area contributed by atoms with Crippen LogP contribution >= 0.6 is 11.3 Å². The Morgan fingerprint density at radius 2 is 2.04 bits per heavy atom. The van der Waals surface area contributed by atoms with Gasteiger partial charge in [-0.25, -0.2) is 9.67 Å². The van der Waals surface area contributed by atoms with Crippen LogP contribution in [0.3, 0.4) is 0 Å². The number of para-hydroxylation sites is 2. The largest absolute Gasteiger partial charge is 0.296 e. The van der Waals surface area contributed by atoms with Crippen LogP contribution in [0.25, 0.3) is 5.69 Å². The monoisotopic (exact) mass is 371 g/mol. The van der Waals surface area contributed by atoms with Gasteiger partial charge < -0.3 is 0 Å². The Bertz CT molecular complexity index is 1070. The number of nitro groups is 1. The molecule has 0 atom stereocenters. The summed E-state index contributed by atoms with van der Waals surface area (Å²) in [6, 6.07) is 7.17. The zero-order chi connectivity index (χ0) is 18.8. The lowest BCUT2D eigenvalue weighted by Crippen LogP contribution is -2.27. The minimum absolute atomic E-state index is 0.161. The number of anilines is 1. The zero-order valence-electron chi connectivity index (χ0n) is 13.8. The van der Waals surface area contributed by atoms with Crippen molar-refractivity contribution in [2.24, 2.45) is 0 Å². The molecule has 0 saturated heterocycles. The summed E-state index contributed by atoms with van der Waals surface area (Å²) in [5.41, 5.74) is 0.123. The SMILES string of the molecule is Cc1csc(NC(=O)c2nn(-c3ccccc3[N+](=O)[O-])c(C)cc2=O)n1. The molecule has 10 heteroatoms. The minimum Gasteiger partial charge on any atom is -0.296 e. The van der Waals surface area contributed by atoms with Crippen LogP contribution in [0.2, 0.25) is 0 Å². The van der Waals surface area contributed by atoms with Gasteiger partial charge in [-0.05, 0) is 19.9 Å². The third-order valence-electron chi connectivity index (χ3n) is 3.47. The first-order valence-electron chi connectivity index (χ1n) is 7.45. The van der Waals surface area contributed by atoms with Crippen LogP contribution in [0.1, 0.15) is 21.9 Å². The number of carbonyl (C=O) groups excluding carboxylic acids is 1. The van der Waals surface area contributed by atoms with Crippen LogP contribution in [0, 0.1) is 24.0 Å². The Kier molecular flexibility index (Phi) is 4.59. The number of nitrogens with zero attached hydrogens (tertiary/aromatic N) is 4. The molecule has 1 N–H and O–H groups in total. The van der Waals surface area contributed by atoms with Gasteiger partial charge in [-0.1, -0.05) is 12.1 Å². The summed E-state index contributed by atoms with van der Waals surface area (Å²) in [6.45, 7) is 3.36. The fraction of sp³-hybridized carbons (Fsp3) is 0.125. The van der Waals surface area contributed by atoms with E-state index in [1.54, 1.807) is 25.3 Å². The first-order chi connectivity index (χ1) is 12.4. The second kappa shape index (κ2) is 6.84. The Balaban J connectivity index is 2.07. The van der Waals surface area contributed by atoms with Crippen LogP contribution in [-0.4, -0.2) is 25.6 Å². The number of thiazole rings is 1. The van der Waals surface area contributed by atoms with Crippen molar-refractivity contribution < 1.29 is 9.72 Å². The zero-order valence-corrected chi connectivity index (χ0v) is 14.6. The number of nitro benzene ring substituents is 1. The molecule has 3 aromatic rings. The van der Waals surface area contributed by atoms with Gasteiger partial charge in [0.05, 0.1) is 10.6 Å². The molecule has 0 bridgehead atoms. The normalized spacial score (nSPS) is 10.5. The van der Waals surface area contributed by atoms with Gasteiger partial charge >= 0.3 is 0 Å². The molecule has 1 aromatic carbocycles. The van der Waals surface area contributed by atoms with E-state index >= 15 is 0 Å². The van der Waals surface area contributed by atoms with E-state index < -0.39 is 16.3 Å². The highest BCUT2D eigenvalue weighted by Gasteiger charge is 2.20. The van der Waals surface area contributed by atoms with Crippen molar-refractivity contribution in [2.45, 2.75) is 13.8 Å². The summed E-state index contributed by atoms with van der Waals surface area (Å²) in [6.07, 6.45) is 0. The Morgan fingerprint density at radius 1 is 1.31 bits per heavy atom. The first-order valence-corrected chi connectivity index (χ1v) is 8.33. The molecule has 0 spiro atoms. The molecule has 2 aromatic heterocycles. The Morgan fingerprint density at radius 3 is 2.69 bits per heavy atom. The lowest BCUT2D eigenvalue weighted by Gasteiger charge is -2.11.